The SMILES string of the molecule is COc1cc(C(N)CC(N)=O)cc(F)c1O. The van der Waals surface area contributed by atoms with Crippen molar-refractivity contribution >= 4 is 5.91 Å². The van der Waals surface area contributed by atoms with Crippen LogP contribution in [0.25, 0.3) is 0 Å². The molecule has 1 aromatic carbocycles. The van der Waals surface area contributed by atoms with Gasteiger partial charge in [-0.25, -0.2) is 4.39 Å². The summed E-state index contributed by atoms with van der Waals surface area (Å²) in [5, 5.41) is 9.25. The zero-order valence-electron chi connectivity index (χ0n) is 8.74. The van der Waals surface area contributed by atoms with Crippen LogP contribution in [0.2, 0.25) is 0 Å². The van der Waals surface area contributed by atoms with Gasteiger partial charge in [-0.3, -0.25) is 4.79 Å². The standard InChI is InChI=1S/C10H13FN2O3/c1-16-8-3-5(2-6(11)10(8)15)7(12)4-9(13)14/h2-3,7,15H,4,12H2,1H3,(H2,13,14). The molecule has 1 atom stereocenters. The van der Waals surface area contributed by atoms with Crippen molar-refractivity contribution in [1.29, 1.82) is 0 Å². The van der Waals surface area contributed by atoms with Crippen LogP contribution < -0.4 is 16.2 Å². The van der Waals surface area contributed by atoms with E-state index in [1.54, 1.807) is 0 Å². The molecule has 0 heterocycles. The lowest BCUT2D eigenvalue weighted by molar-refractivity contribution is -0.118. The van der Waals surface area contributed by atoms with E-state index in [4.69, 9.17) is 16.2 Å². The molecule has 1 unspecified atom stereocenters. The Labute approximate surface area is 91.8 Å². The first-order valence-electron chi connectivity index (χ1n) is 4.56. The molecule has 0 radical (unpaired) electrons. The number of halogens is 1. The minimum absolute atomic E-state index is 0.0325. The third-order valence-electron chi connectivity index (χ3n) is 2.12. The number of carbonyl (C=O) groups is 1. The van der Waals surface area contributed by atoms with E-state index in [0.29, 0.717) is 5.56 Å². The van der Waals surface area contributed by atoms with E-state index < -0.39 is 23.5 Å². The number of hydrogen-bond acceptors (Lipinski definition) is 4. The Balaban J connectivity index is 3.05. The number of primary amides is 1. The molecular weight excluding hydrogens is 215 g/mol. The molecular formula is C10H13FN2O3. The minimum Gasteiger partial charge on any atom is -0.502 e. The molecule has 6 heteroatoms. The second kappa shape index (κ2) is 4.80. The van der Waals surface area contributed by atoms with E-state index >= 15 is 0 Å². The molecule has 16 heavy (non-hydrogen) atoms. The summed E-state index contributed by atoms with van der Waals surface area (Å²) in [6.45, 7) is 0. The van der Waals surface area contributed by atoms with Crippen LogP contribution in [0, 0.1) is 5.82 Å². The van der Waals surface area contributed by atoms with Crippen LogP contribution in [-0.2, 0) is 4.79 Å². The van der Waals surface area contributed by atoms with Crippen LogP contribution in [0.3, 0.4) is 0 Å². The number of aromatic hydroxyl groups is 1. The largest absolute Gasteiger partial charge is 0.502 e. The molecule has 1 aromatic rings. The van der Waals surface area contributed by atoms with E-state index in [9.17, 15) is 14.3 Å². The van der Waals surface area contributed by atoms with Gasteiger partial charge in [0.05, 0.1) is 7.11 Å². The Kier molecular flexibility index (Phi) is 3.68. The lowest BCUT2D eigenvalue weighted by Gasteiger charge is -2.12. The van der Waals surface area contributed by atoms with Crippen LogP contribution >= 0.6 is 0 Å². The minimum atomic E-state index is -0.853. The summed E-state index contributed by atoms with van der Waals surface area (Å²) in [5.74, 6) is -2.05. The molecule has 0 aromatic heterocycles. The number of hydrogen-bond donors (Lipinski definition) is 3. The highest BCUT2D eigenvalue weighted by Gasteiger charge is 2.15. The van der Waals surface area contributed by atoms with Crippen LogP contribution in [0.1, 0.15) is 18.0 Å². The predicted molar refractivity (Wildman–Crippen MR) is 55.4 cm³/mol. The molecule has 0 bridgehead atoms. The smallest absolute Gasteiger partial charge is 0.219 e. The Morgan fingerprint density at radius 1 is 1.62 bits per heavy atom. The van der Waals surface area contributed by atoms with Crippen LogP contribution in [0.15, 0.2) is 12.1 Å². The molecule has 5 N–H and O–H groups in total. The average molecular weight is 228 g/mol. The summed E-state index contributed by atoms with van der Waals surface area (Å²) in [4.78, 5) is 10.7. The summed E-state index contributed by atoms with van der Waals surface area (Å²) in [7, 11) is 1.29. The van der Waals surface area contributed by atoms with Crippen molar-refractivity contribution in [3.05, 3.63) is 23.5 Å². The van der Waals surface area contributed by atoms with E-state index in [1.165, 1.54) is 13.2 Å². The zero-order valence-corrected chi connectivity index (χ0v) is 8.74. The molecule has 0 fully saturated rings. The quantitative estimate of drug-likeness (QED) is 0.695. The molecule has 1 amide bonds. The number of benzene rings is 1. The summed E-state index contributed by atoms with van der Waals surface area (Å²) in [6, 6.07) is 1.69. The van der Waals surface area contributed by atoms with Gasteiger partial charge in [0.25, 0.3) is 0 Å². The fourth-order valence-electron chi connectivity index (χ4n) is 1.30. The van der Waals surface area contributed by atoms with E-state index in [2.05, 4.69) is 0 Å². The topological polar surface area (TPSA) is 98.6 Å². The van der Waals surface area contributed by atoms with Gasteiger partial charge in [0.2, 0.25) is 5.91 Å². The van der Waals surface area contributed by atoms with Crippen molar-refractivity contribution in [2.45, 2.75) is 12.5 Å². The number of rotatable bonds is 4. The predicted octanol–water partition coefficient (Wildman–Crippen LogP) is 0.415. The number of phenols is 1. The lowest BCUT2D eigenvalue weighted by atomic mass is 10.0. The van der Waals surface area contributed by atoms with E-state index in [1.807, 2.05) is 0 Å². The molecule has 5 nitrogen and oxygen atoms in total. The highest BCUT2D eigenvalue weighted by molar-refractivity contribution is 5.74. The van der Waals surface area contributed by atoms with Crippen molar-refractivity contribution < 1.29 is 19.0 Å². The van der Waals surface area contributed by atoms with Gasteiger partial charge in [-0.2, -0.15) is 0 Å². The maximum absolute atomic E-state index is 13.2. The van der Waals surface area contributed by atoms with Gasteiger partial charge in [0, 0.05) is 12.5 Å². The number of methoxy groups -OCH3 is 1. The fraction of sp³-hybridized carbons (Fsp3) is 0.300. The van der Waals surface area contributed by atoms with Crippen molar-refractivity contribution in [3.63, 3.8) is 0 Å². The molecule has 0 saturated carbocycles. The number of phenolic OH excluding ortho intramolecular Hbond substituents is 1. The number of carbonyl (C=O) groups excluding carboxylic acids is 1. The Bertz CT molecular complexity index is 409. The number of nitrogens with two attached hydrogens (primary N) is 2. The summed E-state index contributed by atoms with van der Waals surface area (Å²) >= 11 is 0. The van der Waals surface area contributed by atoms with Crippen molar-refractivity contribution in [2.24, 2.45) is 11.5 Å². The Morgan fingerprint density at radius 3 is 2.75 bits per heavy atom. The first-order chi connectivity index (χ1) is 7.45. The van der Waals surface area contributed by atoms with Gasteiger partial charge in [-0.05, 0) is 17.7 Å². The van der Waals surface area contributed by atoms with Gasteiger partial charge in [0.15, 0.2) is 17.3 Å². The third-order valence-corrected chi connectivity index (χ3v) is 2.12. The Morgan fingerprint density at radius 2 is 2.25 bits per heavy atom. The highest BCUT2D eigenvalue weighted by atomic mass is 19.1. The van der Waals surface area contributed by atoms with Crippen LogP contribution in [0.4, 0.5) is 4.39 Å². The normalized spacial score (nSPS) is 12.2. The number of ether oxygens (including phenoxy) is 1. The number of amides is 1. The van der Waals surface area contributed by atoms with Gasteiger partial charge >= 0.3 is 0 Å². The average Bonchev–Trinajstić information content (AvgIpc) is 2.20. The molecule has 1 rings (SSSR count). The molecule has 0 aliphatic rings. The first-order valence-corrected chi connectivity index (χ1v) is 4.56. The van der Waals surface area contributed by atoms with E-state index in [0.717, 1.165) is 6.07 Å². The van der Waals surface area contributed by atoms with Gasteiger partial charge in [0.1, 0.15) is 0 Å². The van der Waals surface area contributed by atoms with Gasteiger partial charge < -0.3 is 21.3 Å². The second-order valence-electron chi connectivity index (χ2n) is 3.33. The van der Waals surface area contributed by atoms with Crippen molar-refractivity contribution in [1.82, 2.24) is 0 Å². The molecule has 88 valence electrons. The fourth-order valence-corrected chi connectivity index (χ4v) is 1.30. The van der Waals surface area contributed by atoms with Crippen LogP contribution in [-0.4, -0.2) is 18.1 Å². The molecule has 0 aliphatic carbocycles. The van der Waals surface area contributed by atoms with Crippen molar-refractivity contribution in [3.8, 4) is 11.5 Å². The maximum atomic E-state index is 13.2. The lowest BCUT2D eigenvalue weighted by Crippen LogP contribution is -2.20. The Hall–Kier alpha value is -1.82. The highest BCUT2D eigenvalue weighted by Crippen LogP contribution is 2.32. The van der Waals surface area contributed by atoms with E-state index in [-0.39, 0.29) is 12.2 Å². The maximum Gasteiger partial charge on any atom is 0.219 e. The molecule has 0 saturated heterocycles. The monoisotopic (exact) mass is 228 g/mol. The summed E-state index contributed by atoms with van der Waals surface area (Å²) in [5.41, 5.74) is 10.9. The molecule has 0 spiro atoms. The molecule has 0 aliphatic heterocycles. The summed E-state index contributed by atoms with van der Waals surface area (Å²) < 4.78 is 18.0. The van der Waals surface area contributed by atoms with Crippen LogP contribution in [0.5, 0.6) is 11.5 Å². The van der Waals surface area contributed by atoms with Gasteiger partial charge in [-0.1, -0.05) is 0 Å². The zero-order chi connectivity index (χ0) is 12.3. The first kappa shape index (κ1) is 12.3. The summed E-state index contributed by atoms with van der Waals surface area (Å²) in [6.07, 6.45) is -0.104. The van der Waals surface area contributed by atoms with Gasteiger partial charge in [-0.15, -0.1) is 0 Å². The second-order valence-corrected chi connectivity index (χ2v) is 3.33. The third kappa shape index (κ3) is 2.60. The van der Waals surface area contributed by atoms with Crippen molar-refractivity contribution in [2.75, 3.05) is 7.11 Å².